The number of nitrogens with one attached hydrogen (secondary N) is 1. The quantitative estimate of drug-likeness (QED) is 0.747. The zero-order valence-corrected chi connectivity index (χ0v) is 11.4. The number of benzene rings is 1. The van der Waals surface area contributed by atoms with Gasteiger partial charge in [0.1, 0.15) is 0 Å². The van der Waals surface area contributed by atoms with E-state index in [4.69, 9.17) is 14.2 Å². The first-order chi connectivity index (χ1) is 9.46. The molecule has 1 aromatic carbocycles. The van der Waals surface area contributed by atoms with Crippen LogP contribution in [0.5, 0.6) is 11.5 Å². The highest BCUT2D eigenvalue weighted by Gasteiger charge is 2.29. The van der Waals surface area contributed by atoms with E-state index in [-0.39, 0.29) is 11.5 Å². The lowest BCUT2D eigenvalue weighted by molar-refractivity contribution is -0.153. The van der Waals surface area contributed by atoms with Crippen LogP contribution in [0.25, 0.3) is 0 Å². The Morgan fingerprint density at radius 1 is 1.15 bits per heavy atom. The van der Waals surface area contributed by atoms with Crippen molar-refractivity contribution >= 4 is 0 Å². The van der Waals surface area contributed by atoms with Gasteiger partial charge in [0.2, 0.25) is 0 Å². The zero-order chi connectivity index (χ0) is 15.0. The molecule has 0 saturated carbocycles. The summed E-state index contributed by atoms with van der Waals surface area (Å²) in [5, 5.41) is 3.10. The van der Waals surface area contributed by atoms with Gasteiger partial charge in [-0.05, 0) is 17.7 Å². The number of alkyl halides is 3. The van der Waals surface area contributed by atoms with E-state index in [0.717, 1.165) is 5.56 Å². The van der Waals surface area contributed by atoms with Crippen LogP contribution in [0, 0.1) is 0 Å². The standard InChI is InChI=1S/C13H18F3NO3/c1-18-6-5-17-8-10-3-4-11(19-2)12(7-10)20-9-13(14,15)16/h3-4,7,17H,5-6,8-9H2,1-2H3. The molecule has 114 valence electrons. The third kappa shape index (κ3) is 6.12. The Labute approximate surface area is 115 Å². The first-order valence-corrected chi connectivity index (χ1v) is 6.02. The van der Waals surface area contributed by atoms with E-state index in [1.54, 1.807) is 19.2 Å². The fraction of sp³-hybridized carbons (Fsp3) is 0.538. The summed E-state index contributed by atoms with van der Waals surface area (Å²) in [7, 11) is 2.98. The molecule has 1 rings (SSSR count). The molecule has 0 radical (unpaired) electrons. The second-order valence-corrected chi connectivity index (χ2v) is 4.06. The lowest BCUT2D eigenvalue weighted by Gasteiger charge is -2.14. The predicted octanol–water partition coefficient (Wildman–Crippen LogP) is 2.37. The summed E-state index contributed by atoms with van der Waals surface area (Å²) in [5.74, 6) is 0.353. The molecule has 4 nitrogen and oxygen atoms in total. The lowest BCUT2D eigenvalue weighted by Crippen LogP contribution is -2.20. The molecule has 0 aliphatic carbocycles. The Bertz CT molecular complexity index is 410. The van der Waals surface area contributed by atoms with Gasteiger partial charge in [-0.2, -0.15) is 13.2 Å². The first kappa shape index (κ1) is 16.6. The number of hydrogen-bond acceptors (Lipinski definition) is 4. The third-order valence-electron chi connectivity index (χ3n) is 2.43. The number of hydrogen-bond donors (Lipinski definition) is 1. The van der Waals surface area contributed by atoms with Crippen molar-refractivity contribution in [1.29, 1.82) is 0 Å². The molecule has 0 saturated heterocycles. The van der Waals surface area contributed by atoms with Gasteiger partial charge in [-0.1, -0.05) is 6.07 Å². The summed E-state index contributed by atoms with van der Waals surface area (Å²) >= 11 is 0. The molecule has 0 aromatic heterocycles. The second-order valence-electron chi connectivity index (χ2n) is 4.06. The Morgan fingerprint density at radius 3 is 2.50 bits per heavy atom. The largest absolute Gasteiger partial charge is 0.493 e. The first-order valence-electron chi connectivity index (χ1n) is 6.02. The molecular weight excluding hydrogens is 275 g/mol. The summed E-state index contributed by atoms with van der Waals surface area (Å²) in [5.41, 5.74) is 0.805. The van der Waals surface area contributed by atoms with E-state index in [1.165, 1.54) is 13.2 Å². The molecule has 0 aliphatic heterocycles. The van der Waals surface area contributed by atoms with E-state index in [9.17, 15) is 13.2 Å². The number of rotatable bonds is 8. The topological polar surface area (TPSA) is 39.7 Å². The van der Waals surface area contributed by atoms with Crippen molar-refractivity contribution in [3.63, 3.8) is 0 Å². The molecule has 0 fully saturated rings. The highest BCUT2D eigenvalue weighted by Crippen LogP contribution is 2.29. The van der Waals surface area contributed by atoms with Crippen LogP contribution >= 0.6 is 0 Å². The van der Waals surface area contributed by atoms with Gasteiger partial charge < -0.3 is 19.5 Å². The van der Waals surface area contributed by atoms with Crippen molar-refractivity contribution < 1.29 is 27.4 Å². The van der Waals surface area contributed by atoms with Gasteiger partial charge in [-0.25, -0.2) is 0 Å². The van der Waals surface area contributed by atoms with Crippen LogP contribution in [0.15, 0.2) is 18.2 Å². The molecule has 0 unspecified atom stereocenters. The average Bonchev–Trinajstić information content (AvgIpc) is 2.40. The van der Waals surface area contributed by atoms with E-state index >= 15 is 0 Å². The van der Waals surface area contributed by atoms with Crippen molar-refractivity contribution in [2.45, 2.75) is 12.7 Å². The minimum Gasteiger partial charge on any atom is -0.493 e. The minimum absolute atomic E-state index is 0.0795. The maximum absolute atomic E-state index is 12.2. The maximum atomic E-state index is 12.2. The van der Waals surface area contributed by atoms with Crippen LogP contribution in [0.3, 0.4) is 0 Å². The fourth-order valence-corrected chi connectivity index (χ4v) is 1.51. The molecule has 0 heterocycles. The summed E-state index contributed by atoms with van der Waals surface area (Å²) < 4.78 is 51.1. The van der Waals surface area contributed by atoms with Crippen LogP contribution in [-0.4, -0.2) is 40.2 Å². The Morgan fingerprint density at radius 2 is 1.90 bits per heavy atom. The summed E-state index contributed by atoms with van der Waals surface area (Å²) in [6.45, 7) is 0.383. The SMILES string of the molecule is COCCNCc1ccc(OC)c(OCC(F)(F)F)c1. The highest BCUT2D eigenvalue weighted by atomic mass is 19.4. The number of ether oxygens (including phenoxy) is 3. The normalized spacial score (nSPS) is 11.4. The van der Waals surface area contributed by atoms with Crippen LogP contribution in [-0.2, 0) is 11.3 Å². The summed E-state index contributed by atoms with van der Waals surface area (Å²) in [6, 6.07) is 4.88. The zero-order valence-electron chi connectivity index (χ0n) is 11.4. The van der Waals surface area contributed by atoms with Crippen LogP contribution < -0.4 is 14.8 Å². The van der Waals surface area contributed by atoms with Crippen molar-refractivity contribution in [3.8, 4) is 11.5 Å². The van der Waals surface area contributed by atoms with Gasteiger partial charge in [0.15, 0.2) is 18.1 Å². The minimum atomic E-state index is -4.38. The molecule has 0 bridgehead atoms. The smallest absolute Gasteiger partial charge is 0.422 e. The van der Waals surface area contributed by atoms with Crippen LogP contribution in [0.1, 0.15) is 5.56 Å². The Hall–Kier alpha value is -1.47. The van der Waals surface area contributed by atoms with Gasteiger partial charge in [0, 0.05) is 20.2 Å². The molecule has 0 atom stereocenters. The molecule has 0 spiro atoms. The van der Waals surface area contributed by atoms with Crippen LogP contribution in [0.2, 0.25) is 0 Å². The van der Waals surface area contributed by atoms with Crippen LogP contribution in [0.4, 0.5) is 13.2 Å². The molecule has 7 heteroatoms. The van der Waals surface area contributed by atoms with Gasteiger partial charge >= 0.3 is 6.18 Å². The van der Waals surface area contributed by atoms with Gasteiger partial charge in [0.25, 0.3) is 0 Å². The molecule has 0 aliphatic rings. The lowest BCUT2D eigenvalue weighted by atomic mass is 10.2. The van der Waals surface area contributed by atoms with E-state index in [1.807, 2.05) is 0 Å². The Balaban J connectivity index is 2.65. The summed E-state index contributed by atoms with van der Waals surface area (Å²) in [4.78, 5) is 0. The van der Waals surface area contributed by atoms with Crippen molar-refractivity contribution in [1.82, 2.24) is 5.32 Å². The second kappa shape index (κ2) is 7.96. The van der Waals surface area contributed by atoms with Gasteiger partial charge in [-0.3, -0.25) is 0 Å². The van der Waals surface area contributed by atoms with Crippen molar-refractivity contribution in [2.24, 2.45) is 0 Å². The van der Waals surface area contributed by atoms with Gasteiger partial charge in [-0.15, -0.1) is 0 Å². The molecule has 1 aromatic rings. The predicted molar refractivity (Wildman–Crippen MR) is 68.1 cm³/mol. The van der Waals surface area contributed by atoms with E-state index in [2.05, 4.69) is 5.32 Å². The molecule has 20 heavy (non-hydrogen) atoms. The maximum Gasteiger partial charge on any atom is 0.422 e. The molecular formula is C13H18F3NO3. The third-order valence-corrected chi connectivity index (χ3v) is 2.43. The van der Waals surface area contributed by atoms with E-state index in [0.29, 0.717) is 19.7 Å². The Kier molecular flexibility index (Phi) is 6.60. The molecule has 1 N–H and O–H groups in total. The van der Waals surface area contributed by atoms with Crippen molar-refractivity contribution in [3.05, 3.63) is 23.8 Å². The van der Waals surface area contributed by atoms with Gasteiger partial charge in [0.05, 0.1) is 13.7 Å². The molecule has 0 amide bonds. The fourth-order valence-electron chi connectivity index (χ4n) is 1.51. The average molecular weight is 293 g/mol. The number of halogens is 3. The number of methoxy groups -OCH3 is 2. The summed E-state index contributed by atoms with van der Waals surface area (Å²) in [6.07, 6.45) is -4.38. The van der Waals surface area contributed by atoms with E-state index < -0.39 is 12.8 Å². The highest BCUT2D eigenvalue weighted by molar-refractivity contribution is 5.43. The monoisotopic (exact) mass is 293 g/mol. The van der Waals surface area contributed by atoms with Crippen molar-refractivity contribution in [2.75, 3.05) is 34.0 Å².